The summed E-state index contributed by atoms with van der Waals surface area (Å²) in [5, 5.41) is 6.34. The molecule has 0 bridgehead atoms. The number of aliphatic imine (C=N–C) groups is 1. The molecule has 2 rings (SSSR count). The van der Waals surface area contributed by atoms with Crippen LogP contribution in [0, 0.1) is 0 Å². The number of alkyl halides is 3. The second-order valence-corrected chi connectivity index (χ2v) is 8.92. The van der Waals surface area contributed by atoms with Gasteiger partial charge in [0.2, 0.25) is 0 Å². The van der Waals surface area contributed by atoms with Gasteiger partial charge < -0.3 is 15.5 Å². The number of guanidine groups is 1. The van der Waals surface area contributed by atoms with E-state index in [0.717, 1.165) is 13.1 Å². The Hall–Kier alpha value is -1.85. The Morgan fingerprint density at radius 2 is 1.86 bits per heavy atom. The summed E-state index contributed by atoms with van der Waals surface area (Å²) in [6.07, 6.45) is 0.563. The number of nitrogens with zero attached hydrogens (tertiary/aromatic N) is 3. The Morgan fingerprint density at radius 3 is 2.41 bits per heavy atom. The minimum atomic E-state index is -5.25. The van der Waals surface area contributed by atoms with E-state index >= 15 is 0 Å². The van der Waals surface area contributed by atoms with E-state index in [4.69, 9.17) is 0 Å². The molecule has 1 saturated heterocycles. The molecule has 1 aliphatic heterocycles. The lowest BCUT2D eigenvalue weighted by molar-refractivity contribution is -0.0494. The van der Waals surface area contributed by atoms with E-state index < -0.39 is 15.5 Å². The number of benzene rings is 1. The van der Waals surface area contributed by atoms with Crippen LogP contribution in [0.5, 0.6) is 0 Å². The van der Waals surface area contributed by atoms with Gasteiger partial charge in [-0.25, -0.2) is 8.42 Å². The molecule has 1 heterocycles. The smallest absolute Gasteiger partial charge is 0.355 e. The van der Waals surface area contributed by atoms with Crippen molar-refractivity contribution < 1.29 is 21.6 Å². The van der Waals surface area contributed by atoms with Crippen LogP contribution in [-0.4, -0.2) is 75.4 Å². The number of likely N-dealkylation sites (N-methyl/N-ethyl adjacent to an activating group) is 1. The summed E-state index contributed by atoms with van der Waals surface area (Å²) in [5.74, 6) is 0.551. The SMILES string of the molecule is CN=C(NCCN(C)Cc1ccccc1)NC1CCN(S(=O)(=O)C(F)(F)F)CC1. The van der Waals surface area contributed by atoms with Crippen molar-refractivity contribution >= 4 is 16.0 Å². The molecule has 7 nitrogen and oxygen atoms in total. The lowest BCUT2D eigenvalue weighted by Crippen LogP contribution is -2.52. The highest BCUT2D eigenvalue weighted by Gasteiger charge is 2.50. The number of sulfonamides is 1. The van der Waals surface area contributed by atoms with Crippen molar-refractivity contribution in [3.05, 3.63) is 35.9 Å². The third-order valence-electron chi connectivity index (χ3n) is 4.73. The molecule has 0 saturated carbocycles. The summed E-state index contributed by atoms with van der Waals surface area (Å²) in [7, 11) is -1.62. The Kier molecular flexibility index (Phi) is 8.29. The van der Waals surface area contributed by atoms with Gasteiger partial charge in [0, 0.05) is 45.8 Å². The number of rotatable bonds is 7. The minimum absolute atomic E-state index is 0.136. The van der Waals surface area contributed by atoms with Crippen molar-refractivity contribution in [1.29, 1.82) is 0 Å². The Bertz CT molecular complexity index is 763. The Balaban J connectivity index is 1.73. The number of nitrogens with one attached hydrogen (secondary N) is 2. The van der Waals surface area contributed by atoms with Crippen molar-refractivity contribution in [2.75, 3.05) is 40.3 Å². The molecule has 11 heteroatoms. The highest BCUT2D eigenvalue weighted by atomic mass is 32.2. The number of hydrogen-bond donors (Lipinski definition) is 2. The quantitative estimate of drug-likeness (QED) is 0.503. The summed E-state index contributed by atoms with van der Waals surface area (Å²) >= 11 is 0. The van der Waals surface area contributed by atoms with Crippen LogP contribution in [0.1, 0.15) is 18.4 Å². The van der Waals surface area contributed by atoms with Crippen LogP contribution in [0.3, 0.4) is 0 Å². The van der Waals surface area contributed by atoms with Crippen LogP contribution in [-0.2, 0) is 16.6 Å². The van der Waals surface area contributed by atoms with Gasteiger partial charge >= 0.3 is 15.5 Å². The molecular weight excluding hydrogens is 407 g/mol. The second kappa shape index (κ2) is 10.3. The third-order valence-corrected chi connectivity index (χ3v) is 6.36. The summed E-state index contributed by atoms with van der Waals surface area (Å²) < 4.78 is 61.4. The molecule has 0 amide bonds. The van der Waals surface area contributed by atoms with E-state index in [-0.39, 0.29) is 32.0 Å². The van der Waals surface area contributed by atoms with E-state index in [1.54, 1.807) is 7.05 Å². The van der Waals surface area contributed by atoms with Crippen LogP contribution in [0.2, 0.25) is 0 Å². The van der Waals surface area contributed by atoms with Crippen molar-refractivity contribution in [3.63, 3.8) is 0 Å². The first-order valence-corrected chi connectivity index (χ1v) is 10.8. The zero-order valence-electron chi connectivity index (χ0n) is 16.6. The molecule has 0 aromatic heterocycles. The third kappa shape index (κ3) is 6.86. The minimum Gasteiger partial charge on any atom is -0.355 e. The molecule has 0 radical (unpaired) electrons. The topological polar surface area (TPSA) is 77.0 Å². The first-order valence-electron chi connectivity index (χ1n) is 9.39. The van der Waals surface area contributed by atoms with Gasteiger partial charge in [-0.15, -0.1) is 0 Å². The standard InChI is InChI=1S/C18H28F3N5O2S/c1-22-17(23-10-13-25(2)14-15-6-4-3-5-7-15)24-16-8-11-26(12-9-16)29(27,28)18(19,20)21/h3-7,16H,8-14H2,1-2H3,(H2,22,23,24). The summed E-state index contributed by atoms with van der Waals surface area (Å²) in [6.45, 7) is 1.90. The number of hydrogen-bond acceptors (Lipinski definition) is 4. The lowest BCUT2D eigenvalue weighted by atomic mass is 10.1. The molecule has 0 spiro atoms. The van der Waals surface area contributed by atoms with Crippen LogP contribution >= 0.6 is 0 Å². The highest BCUT2D eigenvalue weighted by Crippen LogP contribution is 2.28. The number of halogens is 3. The molecule has 0 aliphatic carbocycles. The molecule has 0 atom stereocenters. The first-order chi connectivity index (χ1) is 13.6. The molecule has 2 N–H and O–H groups in total. The molecule has 1 aromatic rings. The molecule has 1 aromatic carbocycles. The maximum atomic E-state index is 12.6. The summed E-state index contributed by atoms with van der Waals surface area (Å²) in [5.41, 5.74) is -4.03. The van der Waals surface area contributed by atoms with Crippen molar-refractivity contribution in [1.82, 2.24) is 19.8 Å². The van der Waals surface area contributed by atoms with Crippen LogP contribution in [0.25, 0.3) is 0 Å². The zero-order chi connectivity index (χ0) is 21.5. The van der Waals surface area contributed by atoms with Gasteiger partial charge in [0.15, 0.2) is 5.96 Å². The van der Waals surface area contributed by atoms with Gasteiger partial charge in [-0.3, -0.25) is 4.99 Å². The van der Waals surface area contributed by atoms with Crippen molar-refractivity contribution in [2.24, 2.45) is 4.99 Å². The molecule has 1 fully saturated rings. The average molecular weight is 436 g/mol. The van der Waals surface area contributed by atoms with Gasteiger partial charge in [-0.1, -0.05) is 30.3 Å². The maximum absolute atomic E-state index is 12.6. The van der Waals surface area contributed by atoms with Crippen LogP contribution < -0.4 is 10.6 Å². The van der Waals surface area contributed by atoms with Crippen LogP contribution in [0.15, 0.2) is 35.3 Å². The molecule has 1 aliphatic rings. The van der Waals surface area contributed by atoms with Crippen molar-refractivity contribution in [2.45, 2.75) is 30.9 Å². The second-order valence-electron chi connectivity index (χ2n) is 6.99. The van der Waals surface area contributed by atoms with E-state index in [1.807, 2.05) is 25.2 Å². The van der Waals surface area contributed by atoms with Gasteiger partial charge in [-0.05, 0) is 25.5 Å². The fraction of sp³-hybridized carbons (Fsp3) is 0.611. The van der Waals surface area contributed by atoms with Crippen LogP contribution in [0.4, 0.5) is 13.2 Å². The Labute approximate surface area is 170 Å². The monoisotopic (exact) mass is 435 g/mol. The largest absolute Gasteiger partial charge is 0.511 e. The van der Waals surface area contributed by atoms with Gasteiger partial charge in [0.1, 0.15) is 0 Å². The number of piperidine rings is 1. The molecular formula is C18H28F3N5O2S. The fourth-order valence-electron chi connectivity index (χ4n) is 3.11. The lowest BCUT2D eigenvalue weighted by Gasteiger charge is -2.32. The summed E-state index contributed by atoms with van der Waals surface area (Å²) in [6, 6.07) is 9.97. The summed E-state index contributed by atoms with van der Waals surface area (Å²) in [4.78, 5) is 6.30. The van der Waals surface area contributed by atoms with Gasteiger partial charge in [0.05, 0.1) is 0 Å². The normalized spacial score (nSPS) is 17.5. The fourth-order valence-corrected chi connectivity index (χ4v) is 4.10. The predicted octanol–water partition coefficient (Wildman–Crippen LogP) is 1.60. The van der Waals surface area contributed by atoms with E-state index in [1.165, 1.54) is 5.56 Å². The highest BCUT2D eigenvalue weighted by molar-refractivity contribution is 7.90. The van der Waals surface area contributed by atoms with Gasteiger partial charge in [0.25, 0.3) is 0 Å². The molecule has 0 unspecified atom stereocenters. The van der Waals surface area contributed by atoms with E-state index in [2.05, 4.69) is 32.7 Å². The maximum Gasteiger partial charge on any atom is 0.511 e. The van der Waals surface area contributed by atoms with E-state index in [0.29, 0.717) is 16.8 Å². The molecule has 164 valence electrons. The van der Waals surface area contributed by atoms with Crippen molar-refractivity contribution in [3.8, 4) is 0 Å². The predicted molar refractivity (Wildman–Crippen MR) is 107 cm³/mol. The zero-order valence-corrected chi connectivity index (χ0v) is 17.4. The van der Waals surface area contributed by atoms with Gasteiger partial charge in [-0.2, -0.15) is 17.5 Å². The van der Waals surface area contributed by atoms with E-state index in [9.17, 15) is 21.6 Å². The first kappa shape index (κ1) is 23.4. The average Bonchev–Trinajstić information content (AvgIpc) is 2.67. The Morgan fingerprint density at radius 1 is 1.24 bits per heavy atom. The molecule has 29 heavy (non-hydrogen) atoms.